The van der Waals surface area contributed by atoms with E-state index in [0.29, 0.717) is 21.3 Å². The molecular formula is C14H12N4OS. The van der Waals surface area contributed by atoms with Crippen LogP contribution in [-0.4, -0.2) is 23.3 Å². The molecule has 0 fully saturated rings. The van der Waals surface area contributed by atoms with E-state index in [4.69, 9.17) is 5.73 Å². The number of nitrogen functional groups attached to an aromatic ring is 1. The second kappa shape index (κ2) is 4.90. The summed E-state index contributed by atoms with van der Waals surface area (Å²) in [6.45, 7) is 0. The van der Waals surface area contributed by atoms with Crippen LogP contribution in [0.1, 0.15) is 9.67 Å². The number of aromatic nitrogens is 2. The molecule has 0 aliphatic carbocycles. The normalized spacial score (nSPS) is 10.7. The summed E-state index contributed by atoms with van der Waals surface area (Å²) in [5, 5.41) is 3.67. The number of hydrogen-bond acceptors (Lipinski definition) is 6. The smallest absolute Gasteiger partial charge is 0.224 e. The van der Waals surface area contributed by atoms with Crippen LogP contribution in [0.2, 0.25) is 0 Å². The largest absolute Gasteiger partial charge is 0.397 e. The van der Waals surface area contributed by atoms with Gasteiger partial charge in [0.25, 0.3) is 0 Å². The molecule has 0 unspecified atom stereocenters. The van der Waals surface area contributed by atoms with Crippen LogP contribution in [0.3, 0.4) is 0 Å². The first-order valence-corrected chi connectivity index (χ1v) is 6.84. The number of nitrogens with two attached hydrogens (primary N) is 1. The van der Waals surface area contributed by atoms with Crippen molar-refractivity contribution in [2.45, 2.75) is 0 Å². The predicted molar refractivity (Wildman–Crippen MR) is 82.2 cm³/mol. The van der Waals surface area contributed by atoms with Gasteiger partial charge in [0.15, 0.2) is 6.29 Å². The highest BCUT2D eigenvalue weighted by molar-refractivity contribution is 7.21. The zero-order valence-corrected chi connectivity index (χ0v) is 11.6. The minimum Gasteiger partial charge on any atom is -0.397 e. The molecule has 6 heteroatoms. The van der Waals surface area contributed by atoms with Crippen molar-refractivity contribution < 1.29 is 4.79 Å². The van der Waals surface area contributed by atoms with E-state index in [1.807, 2.05) is 30.3 Å². The number of rotatable bonds is 3. The molecule has 0 spiro atoms. The molecular weight excluding hydrogens is 272 g/mol. The van der Waals surface area contributed by atoms with E-state index in [0.717, 1.165) is 22.9 Å². The van der Waals surface area contributed by atoms with Crippen molar-refractivity contribution in [3.63, 3.8) is 0 Å². The number of carbonyl (C=O) groups is 1. The molecule has 3 rings (SSSR count). The molecule has 0 saturated carbocycles. The second-order valence-corrected chi connectivity index (χ2v) is 5.22. The lowest BCUT2D eigenvalue weighted by Crippen LogP contribution is -1.99. The highest BCUT2D eigenvalue weighted by Crippen LogP contribution is 2.37. The van der Waals surface area contributed by atoms with Gasteiger partial charge < -0.3 is 11.1 Å². The van der Waals surface area contributed by atoms with Gasteiger partial charge in [0.2, 0.25) is 5.95 Å². The zero-order valence-electron chi connectivity index (χ0n) is 10.8. The third-order valence-electron chi connectivity index (χ3n) is 3.00. The third-order valence-corrected chi connectivity index (χ3v) is 4.02. The molecule has 0 amide bonds. The maximum absolute atomic E-state index is 11.1. The van der Waals surface area contributed by atoms with Gasteiger partial charge in [0, 0.05) is 12.6 Å². The summed E-state index contributed by atoms with van der Waals surface area (Å²) in [6.07, 6.45) is 0.759. The lowest BCUT2D eigenvalue weighted by atomic mass is 10.1. The highest BCUT2D eigenvalue weighted by Gasteiger charge is 2.17. The summed E-state index contributed by atoms with van der Waals surface area (Å²) in [4.78, 5) is 21.1. The van der Waals surface area contributed by atoms with Crippen LogP contribution in [0.5, 0.6) is 0 Å². The number of aldehydes is 1. The van der Waals surface area contributed by atoms with Crippen LogP contribution in [0.4, 0.5) is 11.6 Å². The number of anilines is 2. The molecule has 2 aromatic heterocycles. The average molecular weight is 284 g/mol. The Morgan fingerprint density at radius 3 is 2.65 bits per heavy atom. The SMILES string of the molecule is CNc1nc(-c2ccccc2)c2c(N)c(C=O)sc2n1. The number of nitrogens with zero attached hydrogens (tertiary/aromatic N) is 2. The Kier molecular flexibility index (Phi) is 3.08. The maximum Gasteiger partial charge on any atom is 0.224 e. The third kappa shape index (κ3) is 1.90. The Hall–Kier alpha value is -2.47. The minimum atomic E-state index is 0.446. The maximum atomic E-state index is 11.1. The molecule has 0 atom stereocenters. The Bertz CT molecular complexity index is 783. The lowest BCUT2D eigenvalue weighted by molar-refractivity contribution is 0.112. The molecule has 0 saturated heterocycles. The van der Waals surface area contributed by atoms with Crippen molar-refractivity contribution in [1.82, 2.24) is 9.97 Å². The first-order valence-electron chi connectivity index (χ1n) is 6.03. The molecule has 3 N–H and O–H groups in total. The molecule has 0 radical (unpaired) electrons. The van der Waals surface area contributed by atoms with Gasteiger partial charge in [-0.3, -0.25) is 4.79 Å². The molecule has 0 bridgehead atoms. The van der Waals surface area contributed by atoms with Gasteiger partial charge in [-0.1, -0.05) is 30.3 Å². The predicted octanol–water partition coefficient (Wildman–Crippen LogP) is 2.79. The van der Waals surface area contributed by atoms with Crippen LogP contribution in [-0.2, 0) is 0 Å². The first kappa shape index (κ1) is 12.6. The van der Waals surface area contributed by atoms with E-state index in [9.17, 15) is 4.79 Å². The standard InChI is InChI=1S/C14H12N4OS/c1-16-14-17-12(8-5-3-2-4-6-8)10-11(15)9(7-19)20-13(10)18-14/h2-7H,15H2,1H3,(H,16,17,18). The van der Waals surface area contributed by atoms with Crippen LogP contribution in [0, 0.1) is 0 Å². The second-order valence-electron chi connectivity index (χ2n) is 4.19. The number of thiophene rings is 1. The Morgan fingerprint density at radius 1 is 1.25 bits per heavy atom. The van der Waals surface area contributed by atoms with Gasteiger partial charge in [-0.05, 0) is 0 Å². The minimum absolute atomic E-state index is 0.446. The summed E-state index contributed by atoms with van der Waals surface area (Å²) in [6, 6.07) is 9.73. The van der Waals surface area contributed by atoms with Crippen LogP contribution >= 0.6 is 11.3 Å². The summed E-state index contributed by atoms with van der Waals surface area (Å²) in [7, 11) is 1.76. The van der Waals surface area contributed by atoms with Crippen molar-refractivity contribution in [3.8, 4) is 11.3 Å². The molecule has 100 valence electrons. The van der Waals surface area contributed by atoms with E-state index in [-0.39, 0.29) is 0 Å². The number of carbonyl (C=O) groups excluding carboxylic acids is 1. The lowest BCUT2D eigenvalue weighted by Gasteiger charge is -2.06. The van der Waals surface area contributed by atoms with E-state index < -0.39 is 0 Å². The fourth-order valence-corrected chi connectivity index (χ4v) is 2.95. The van der Waals surface area contributed by atoms with E-state index in [2.05, 4.69) is 15.3 Å². The van der Waals surface area contributed by atoms with E-state index >= 15 is 0 Å². The van der Waals surface area contributed by atoms with Crippen LogP contribution in [0.15, 0.2) is 30.3 Å². The quantitative estimate of drug-likeness (QED) is 0.723. The van der Waals surface area contributed by atoms with Crippen LogP contribution < -0.4 is 11.1 Å². The van der Waals surface area contributed by atoms with Gasteiger partial charge in [-0.2, -0.15) is 0 Å². The van der Waals surface area contributed by atoms with E-state index in [1.165, 1.54) is 11.3 Å². The average Bonchev–Trinajstić information content (AvgIpc) is 2.83. The molecule has 2 heterocycles. The van der Waals surface area contributed by atoms with Gasteiger partial charge in [-0.25, -0.2) is 9.97 Å². The van der Waals surface area contributed by atoms with Crippen molar-refractivity contribution in [1.29, 1.82) is 0 Å². The number of hydrogen-bond donors (Lipinski definition) is 2. The number of nitrogens with one attached hydrogen (secondary N) is 1. The summed E-state index contributed by atoms with van der Waals surface area (Å²) in [5.74, 6) is 0.509. The Morgan fingerprint density at radius 2 is 2.00 bits per heavy atom. The summed E-state index contributed by atoms with van der Waals surface area (Å²) < 4.78 is 0. The van der Waals surface area contributed by atoms with E-state index in [1.54, 1.807) is 7.05 Å². The highest BCUT2D eigenvalue weighted by atomic mass is 32.1. The monoisotopic (exact) mass is 284 g/mol. The fourth-order valence-electron chi connectivity index (χ4n) is 2.04. The summed E-state index contributed by atoms with van der Waals surface area (Å²) in [5.41, 5.74) is 8.18. The Balaban J connectivity index is 2.39. The van der Waals surface area contributed by atoms with Crippen molar-refractivity contribution in [2.75, 3.05) is 18.1 Å². The topological polar surface area (TPSA) is 80.9 Å². The van der Waals surface area contributed by atoms with Crippen molar-refractivity contribution in [3.05, 3.63) is 35.2 Å². The first-order chi connectivity index (χ1) is 9.74. The van der Waals surface area contributed by atoms with Gasteiger partial charge in [0.1, 0.15) is 4.83 Å². The molecule has 0 aliphatic rings. The van der Waals surface area contributed by atoms with Crippen molar-refractivity contribution >= 4 is 39.5 Å². The van der Waals surface area contributed by atoms with Gasteiger partial charge in [0.05, 0.1) is 21.6 Å². The molecule has 5 nitrogen and oxygen atoms in total. The molecule has 20 heavy (non-hydrogen) atoms. The van der Waals surface area contributed by atoms with Crippen LogP contribution in [0.25, 0.3) is 21.5 Å². The van der Waals surface area contributed by atoms with Crippen molar-refractivity contribution in [2.24, 2.45) is 0 Å². The fraction of sp³-hybridized carbons (Fsp3) is 0.0714. The van der Waals surface area contributed by atoms with Gasteiger partial charge in [-0.15, -0.1) is 11.3 Å². The zero-order chi connectivity index (χ0) is 14.1. The molecule has 0 aliphatic heterocycles. The molecule has 1 aromatic carbocycles. The molecule has 3 aromatic rings. The summed E-state index contributed by atoms with van der Waals surface area (Å²) >= 11 is 1.28. The Labute approximate surface area is 119 Å². The van der Waals surface area contributed by atoms with Gasteiger partial charge >= 0.3 is 0 Å². The number of fused-ring (bicyclic) bond motifs is 1. The number of benzene rings is 1.